The number of carbonyl (C=O) groups excluding carboxylic acids is 1. The van der Waals surface area contributed by atoms with E-state index in [0.717, 1.165) is 31.4 Å². The number of nitrogens with one attached hydrogen (secondary N) is 3. The molecule has 0 aromatic heterocycles. The van der Waals surface area contributed by atoms with E-state index in [9.17, 15) is 4.79 Å². The van der Waals surface area contributed by atoms with E-state index in [1.54, 1.807) is 6.07 Å². The summed E-state index contributed by atoms with van der Waals surface area (Å²) in [5.41, 5.74) is 1.53. The van der Waals surface area contributed by atoms with Crippen molar-refractivity contribution < 1.29 is 9.53 Å². The van der Waals surface area contributed by atoms with Crippen molar-refractivity contribution in [1.82, 2.24) is 5.32 Å². The van der Waals surface area contributed by atoms with Gasteiger partial charge in [0.05, 0.1) is 5.69 Å². The summed E-state index contributed by atoms with van der Waals surface area (Å²) in [4.78, 5) is 12.2. The Labute approximate surface area is 159 Å². The van der Waals surface area contributed by atoms with Crippen LogP contribution in [0.25, 0.3) is 0 Å². The van der Waals surface area contributed by atoms with Crippen molar-refractivity contribution in [3.8, 4) is 5.75 Å². The summed E-state index contributed by atoms with van der Waals surface area (Å²) < 4.78 is 5.50. The van der Waals surface area contributed by atoms with Gasteiger partial charge in [-0.25, -0.2) is 4.79 Å². The third-order valence-electron chi connectivity index (χ3n) is 4.30. The Balaban J connectivity index is 1.58. The minimum atomic E-state index is -0.423. The summed E-state index contributed by atoms with van der Waals surface area (Å²) in [7, 11) is 0. The standard InChI is InChI=1S/C20H23N3O2S/c24-20(22-16-11-5-2-6-12-16)25-18-14-8-7-13-17(18)23-19(26)21-15-9-3-1-4-10-15/h1,3-4,7-10,13-14,16H,2,5-6,11-12H2,(H,22,24)(H2,21,23,26). The minimum Gasteiger partial charge on any atom is -0.408 e. The number of para-hydroxylation sites is 3. The largest absolute Gasteiger partial charge is 0.412 e. The number of anilines is 2. The normalized spacial score (nSPS) is 14.3. The predicted molar refractivity (Wildman–Crippen MR) is 109 cm³/mol. The van der Waals surface area contributed by atoms with Crippen LogP contribution in [0.3, 0.4) is 0 Å². The zero-order chi connectivity index (χ0) is 18.2. The average molecular weight is 369 g/mol. The number of benzene rings is 2. The number of ether oxygens (including phenoxy) is 1. The molecule has 1 saturated carbocycles. The molecule has 1 aliphatic carbocycles. The van der Waals surface area contributed by atoms with Crippen LogP contribution in [-0.2, 0) is 0 Å². The summed E-state index contributed by atoms with van der Waals surface area (Å²) in [6.07, 6.45) is 5.16. The van der Waals surface area contributed by atoms with Crippen LogP contribution >= 0.6 is 12.2 Å². The first-order chi connectivity index (χ1) is 12.7. The maximum atomic E-state index is 12.2. The molecule has 0 radical (unpaired) electrons. The second-order valence-electron chi connectivity index (χ2n) is 6.31. The van der Waals surface area contributed by atoms with Gasteiger partial charge in [-0.2, -0.15) is 0 Å². The zero-order valence-corrected chi connectivity index (χ0v) is 15.4. The van der Waals surface area contributed by atoms with Gasteiger partial charge in [0.2, 0.25) is 0 Å². The molecule has 0 unspecified atom stereocenters. The molecule has 26 heavy (non-hydrogen) atoms. The molecule has 0 atom stereocenters. The molecule has 2 aromatic rings. The molecule has 0 bridgehead atoms. The van der Waals surface area contributed by atoms with Gasteiger partial charge in [-0.1, -0.05) is 49.6 Å². The van der Waals surface area contributed by atoms with E-state index >= 15 is 0 Å². The van der Waals surface area contributed by atoms with E-state index in [4.69, 9.17) is 17.0 Å². The average Bonchev–Trinajstić information content (AvgIpc) is 2.65. The van der Waals surface area contributed by atoms with E-state index in [-0.39, 0.29) is 6.04 Å². The number of carbonyl (C=O) groups is 1. The molecule has 2 aromatic carbocycles. The highest BCUT2D eigenvalue weighted by Crippen LogP contribution is 2.25. The maximum Gasteiger partial charge on any atom is 0.412 e. The molecule has 5 nitrogen and oxygen atoms in total. The van der Waals surface area contributed by atoms with Crippen molar-refractivity contribution in [3.05, 3.63) is 54.6 Å². The van der Waals surface area contributed by atoms with Crippen LogP contribution in [0.2, 0.25) is 0 Å². The zero-order valence-electron chi connectivity index (χ0n) is 14.5. The molecule has 1 fully saturated rings. The van der Waals surface area contributed by atoms with Gasteiger partial charge in [0.15, 0.2) is 10.9 Å². The molecule has 3 N–H and O–H groups in total. The van der Waals surface area contributed by atoms with Crippen LogP contribution in [-0.4, -0.2) is 17.2 Å². The fourth-order valence-electron chi connectivity index (χ4n) is 3.01. The van der Waals surface area contributed by atoms with Crippen molar-refractivity contribution in [1.29, 1.82) is 0 Å². The summed E-state index contributed by atoms with van der Waals surface area (Å²) in [5, 5.41) is 9.56. The van der Waals surface area contributed by atoms with Crippen molar-refractivity contribution in [2.24, 2.45) is 0 Å². The van der Waals surface area contributed by atoms with Gasteiger partial charge in [-0.05, 0) is 49.3 Å². The lowest BCUT2D eigenvalue weighted by molar-refractivity contribution is 0.192. The van der Waals surface area contributed by atoms with Crippen molar-refractivity contribution >= 4 is 34.8 Å². The fraction of sp³-hybridized carbons (Fsp3) is 0.300. The third-order valence-corrected chi connectivity index (χ3v) is 4.50. The highest BCUT2D eigenvalue weighted by Gasteiger charge is 2.17. The lowest BCUT2D eigenvalue weighted by Crippen LogP contribution is -2.38. The highest BCUT2D eigenvalue weighted by atomic mass is 32.1. The molecule has 0 heterocycles. The predicted octanol–water partition coefficient (Wildman–Crippen LogP) is 4.92. The summed E-state index contributed by atoms with van der Waals surface area (Å²) in [6.45, 7) is 0. The second-order valence-corrected chi connectivity index (χ2v) is 6.72. The van der Waals surface area contributed by atoms with Gasteiger partial charge in [0.25, 0.3) is 0 Å². The molecule has 0 spiro atoms. The maximum absolute atomic E-state index is 12.2. The first-order valence-corrected chi connectivity index (χ1v) is 9.32. The van der Waals surface area contributed by atoms with Crippen molar-refractivity contribution in [3.63, 3.8) is 0 Å². The van der Waals surface area contributed by atoms with E-state index in [1.807, 2.05) is 48.5 Å². The van der Waals surface area contributed by atoms with E-state index in [2.05, 4.69) is 16.0 Å². The molecule has 3 rings (SSSR count). The topological polar surface area (TPSA) is 62.4 Å². The Morgan fingerprint density at radius 2 is 1.62 bits per heavy atom. The Hall–Kier alpha value is -2.60. The minimum absolute atomic E-state index is 0.206. The Morgan fingerprint density at radius 1 is 0.923 bits per heavy atom. The van der Waals surface area contributed by atoms with E-state index in [0.29, 0.717) is 16.5 Å². The van der Waals surface area contributed by atoms with E-state index in [1.165, 1.54) is 6.42 Å². The van der Waals surface area contributed by atoms with Crippen LogP contribution in [0, 0.1) is 0 Å². The third kappa shape index (κ3) is 5.46. The monoisotopic (exact) mass is 369 g/mol. The smallest absolute Gasteiger partial charge is 0.408 e. The molecule has 1 aliphatic rings. The van der Waals surface area contributed by atoms with Crippen molar-refractivity contribution in [2.75, 3.05) is 10.6 Å². The van der Waals surface area contributed by atoms with Crippen LogP contribution in [0.4, 0.5) is 16.2 Å². The summed E-state index contributed by atoms with van der Waals surface area (Å²) >= 11 is 5.34. The first kappa shape index (κ1) is 18.2. The lowest BCUT2D eigenvalue weighted by Gasteiger charge is -2.22. The number of hydrogen-bond acceptors (Lipinski definition) is 3. The molecule has 0 aliphatic heterocycles. The molecule has 1 amide bonds. The quantitative estimate of drug-likeness (QED) is 0.668. The van der Waals surface area contributed by atoms with Crippen LogP contribution in [0.1, 0.15) is 32.1 Å². The fourth-order valence-corrected chi connectivity index (χ4v) is 3.24. The number of hydrogen-bond donors (Lipinski definition) is 3. The van der Waals surface area contributed by atoms with Gasteiger partial charge in [-0.15, -0.1) is 0 Å². The molecule has 6 heteroatoms. The summed E-state index contributed by atoms with van der Waals surface area (Å²) in [5.74, 6) is 0.443. The van der Waals surface area contributed by atoms with Gasteiger partial charge in [0, 0.05) is 11.7 Å². The molecule has 136 valence electrons. The van der Waals surface area contributed by atoms with E-state index < -0.39 is 6.09 Å². The Morgan fingerprint density at radius 3 is 2.38 bits per heavy atom. The van der Waals surface area contributed by atoms with Gasteiger partial charge in [0.1, 0.15) is 0 Å². The van der Waals surface area contributed by atoms with Crippen LogP contribution in [0.5, 0.6) is 5.75 Å². The summed E-state index contributed by atoms with van der Waals surface area (Å²) in [6, 6.07) is 17.1. The van der Waals surface area contributed by atoms with Gasteiger partial charge >= 0.3 is 6.09 Å². The first-order valence-electron chi connectivity index (χ1n) is 8.91. The van der Waals surface area contributed by atoms with Crippen LogP contribution in [0.15, 0.2) is 54.6 Å². The SMILES string of the molecule is O=C(NC1CCCCC1)Oc1ccccc1NC(=S)Nc1ccccc1. The van der Waals surface area contributed by atoms with Gasteiger partial charge in [-0.3, -0.25) is 0 Å². The van der Waals surface area contributed by atoms with Crippen LogP contribution < -0.4 is 20.7 Å². The van der Waals surface area contributed by atoms with Gasteiger partial charge < -0.3 is 20.7 Å². The van der Waals surface area contributed by atoms with Crippen molar-refractivity contribution in [2.45, 2.75) is 38.1 Å². The Bertz CT molecular complexity index is 746. The number of amides is 1. The Kier molecular flexibility index (Phi) is 6.44. The highest BCUT2D eigenvalue weighted by molar-refractivity contribution is 7.80. The lowest BCUT2D eigenvalue weighted by atomic mass is 9.96. The second kappa shape index (κ2) is 9.20. The number of rotatable bonds is 4. The molecule has 0 saturated heterocycles. The molecular formula is C20H23N3O2S. The molecular weight excluding hydrogens is 346 g/mol. The number of thiocarbonyl (C=S) groups is 1.